The molecule has 2 aromatic rings. The van der Waals surface area contributed by atoms with Crippen LogP contribution in [0.4, 0.5) is 0 Å². The van der Waals surface area contributed by atoms with E-state index in [9.17, 15) is 0 Å². The van der Waals surface area contributed by atoms with Crippen LogP contribution >= 0.6 is 15.9 Å². The smallest absolute Gasteiger partial charge is 0.137 e. The van der Waals surface area contributed by atoms with Crippen LogP contribution in [-0.2, 0) is 12.8 Å². The van der Waals surface area contributed by atoms with Crippen molar-refractivity contribution in [2.45, 2.75) is 33.1 Å². The van der Waals surface area contributed by atoms with E-state index < -0.39 is 0 Å². The highest BCUT2D eigenvalue weighted by Gasteiger charge is 2.09. The summed E-state index contributed by atoms with van der Waals surface area (Å²) < 4.78 is 3.29. The fraction of sp³-hybridized carbons (Fsp3) is 0.417. The van der Waals surface area contributed by atoms with Crippen LogP contribution in [0.1, 0.15) is 31.7 Å². The van der Waals surface area contributed by atoms with Gasteiger partial charge in [0.2, 0.25) is 0 Å². The van der Waals surface area contributed by atoms with E-state index in [1.54, 1.807) is 0 Å². The Bertz CT molecular complexity index is 474. The fourth-order valence-corrected chi connectivity index (χ4v) is 2.26. The first-order chi connectivity index (χ1) is 7.26. The summed E-state index contributed by atoms with van der Waals surface area (Å²) in [4.78, 5) is 4.66. The Morgan fingerprint density at radius 2 is 2.13 bits per heavy atom. The van der Waals surface area contributed by atoms with E-state index in [4.69, 9.17) is 0 Å². The second kappa shape index (κ2) is 4.35. The highest BCUT2D eigenvalue weighted by molar-refractivity contribution is 9.10. The number of imidazole rings is 1. The summed E-state index contributed by atoms with van der Waals surface area (Å²) in [7, 11) is 0. The number of hydrogen-bond acceptors (Lipinski definition) is 1. The minimum absolute atomic E-state index is 1.03. The van der Waals surface area contributed by atoms with Gasteiger partial charge in [0.25, 0.3) is 0 Å². The maximum absolute atomic E-state index is 4.66. The van der Waals surface area contributed by atoms with Crippen molar-refractivity contribution in [3.63, 3.8) is 0 Å². The lowest BCUT2D eigenvalue weighted by atomic mass is 10.2. The Hall–Kier alpha value is -0.830. The van der Waals surface area contributed by atoms with Gasteiger partial charge in [-0.05, 0) is 40.9 Å². The third-order valence-electron chi connectivity index (χ3n) is 2.59. The molecule has 3 heteroatoms. The molecular formula is C12H15BrN2. The molecule has 0 bridgehead atoms. The Morgan fingerprint density at radius 3 is 2.80 bits per heavy atom. The second-order valence-corrected chi connectivity index (χ2v) is 4.60. The highest BCUT2D eigenvalue weighted by atomic mass is 79.9. The fourth-order valence-electron chi connectivity index (χ4n) is 1.93. The summed E-state index contributed by atoms with van der Waals surface area (Å²) >= 11 is 3.50. The molecule has 15 heavy (non-hydrogen) atoms. The lowest BCUT2D eigenvalue weighted by Gasteiger charge is -2.01. The molecule has 0 saturated heterocycles. The first-order valence-corrected chi connectivity index (χ1v) is 6.21. The van der Waals surface area contributed by atoms with E-state index in [2.05, 4.69) is 51.4 Å². The zero-order valence-electron chi connectivity index (χ0n) is 9.13. The van der Waals surface area contributed by atoms with Gasteiger partial charge in [-0.1, -0.05) is 20.3 Å². The molecule has 2 aromatic heterocycles. The second-order valence-electron chi connectivity index (χ2n) is 3.68. The van der Waals surface area contributed by atoms with Gasteiger partial charge in [0.15, 0.2) is 0 Å². The van der Waals surface area contributed by atoms with E-state index in [-0.39, 0.29) is 0 Å². The highest BCUT2D eigenvalue weighted by Crippen LogP contribution is 2.18. The molecule has 0 fully saturated rings. The predicted octanol–water partition coefficient (Wildman–Crippen LogP) is 3.61. The van der Waals surface area contributed by atoms with Crippen molar-refractivity contribution in [2.75, 3.05) is 0 Å². The number of fused-ring (bicyclic) bond motifs is 1. The van der Waals surface area contributed by atoms with Crippen LogP contribution in [0.2, 0.25) is 0 Å². The quantitative estimate of drug-likeness (QED) is 0.830. The van der Waals surface area contributed by atoms with Crippen molar-refractivity contribution < 1.29 is 0 Å². The van der Waals surface area contributed by atoms with E-state index in [0.717, 1.165) is 29.4 Å². The number of pyridine rings is 1. The van der Waals surface area contributed by atoms with Crippen LogP contribution in [0, 0.1) is 0 Å². The van der Waals surface area contributed by atoms with Gasteiger partial charge in [0, 0.05) is 16.4 Å². The Kier molecular flexibility index (Phi) is 3.10. The zero-order chi connectivity index (χ0) is 10.8. The molecule has 2 rings (SSSR count). The average Bonchev–Trinajstić information content (AvgIpc) is 2.55. The maximum atomic E-state index is 4.66. The molecule has 0 aliphatic carbocycles. The molecule has 80 valence electrons. The SMILES string of the molecule is CCCc1nc2ccc(Br)cn2c1CC. The van der Waals surface area contributed by atoms with Gasteiger partial charge in [0.1, 0.15) is 5.65 Å². The van der Waals surface area contributed by atoms with Crippen molar-refractivity contribution in [1.82, 2.24) is 9.38 Å². The number of rotatable bonds is 3. The first-order valence-electron chi connectivity index (χ1n) is 5.41. The van der Waals surface area contributed by atoms with E-state index in [1.165, 1.54) is 11.4 Å². The molecular weight excluding hydrogens is 252 g/mol. The van der Waals surface area contributed by atoms with Crippen LogP contribution in [0.25, 0.3) is 5.65 Å². The standard InChI is InChI=1S/C12H15BrN2/c1-3-5-10-11(4-2)15-8-9(13)6-7-12(15)14-10/h6-8H,3-5H2,1-2H3. The third-order valence-corrected chi connectivity index (χ3v) is 3.06. The van der Waals surface area contributed by atoms with Gasteiger partial charge < -0.3 is 4.40 Å². The maximum Gasteiger partial charge on any atom is 0.137 e. The number of nitrogens with zero attached hydrogens (tertiary/aromatic N) is 2. The lowest BCUT2D eigenvalue weighted by molar-refractivity contribution is 0.859. The van der Waals surface area contributed by atoms with Crippen molar-refractivity contribution in [1.29, 1.82) is 0 Å². The summed E-state index contributed by atoms with van der Waals surface area (Å²) in [5.74, 6) is 0. The number of hydrogen-bond donors (Lipinski definition) is 0. The summed E-state index contributed by atoms with van der Waals surface area (Å²) in [6.45, 7) is 4.38. The van der Waals surface area contributed by atoms with Gasteiger partial charge >= 0.3 is 0 Å². The molecule has 0 radical (unpaired) electrons. The molecule has 0 atom stereocenters. The van der Waals surface area contributed by atoms with E-state index in [1.807, 2.05) is 6.07 Å². The molecule has 0 spiro atoms. The van der Waals surface area contributed by atoms with E-state index in [0.29, 0.717) is 0 Å². The van der Waals surface area contributed by atoms with Crippen molar-refractivity contribution in [2.24, 2.45) is 0 Å². The van der Waals surface area contributed by atoms with Crippen LogP contribution in [0.15, 0.2) is 22.8 Å². The Balaban J connectivity index is 2.63. The van der Waals surface area contributed by atoms with Crippen LogP contribution < -0.4 is 0 Å². The molecule has 2 heterocycles. The summed E-state index contributed by atoms with van der Waals surface area (Å²) in [6, 6.07) is 4.10. The normalized spacial score (nSPS) is 11.1. The topological polar surface area (TPSA) is 17.3 Å². The lowest BCUT2D eigenvalue weighted by Crippen LogP contribution is -1.94. The van der Waals surface area contributed by atoms with E-state index >= 15 is 0 Å². The molecule has 2 nitrogen and oxygen atoms in total. The van der Waals surface area contributed by atoms with Gasteiger partial charge in [-0.2, -0.15) is 0 Å². The predicted molar refractivity (Wildman–Crippen MR) is 66.3 cm³/mol. The zero-order valence-corrected chi connectivity index (χ0v) is 10.7. The molecule has 0 aromatic carbocycles. The minimum atomic E-state index is 1.03. The summed E-state index contributed by atoms with van der Waals surface area (Å²) in [5.41, 5.74) is 3.64. The molecule has 0 saturated carbocycles. The molecule has 0 aliphatic heterocycles. The van der Waals surface area contributed by atoms with Crippen LogP contribution in [0.5, 0.6) is 0 Å². The van der Waals surface area contributed by atoms with Gasteiger partial charge in [0.05, 0.1) is 5.69 Å². The molecule has 0 aliphatic rings. The number of aryl methyl sites for hydroxylation is 2. The Morgan fingerprint density at radius 1 is 1.33 bits per heavy atom. The van der Waals surface area contributed by atoms with Crippen LogP contribution in [-0.4, -0.2) is 9.38 Å². The Labute approximate surface area is 98.5 Å². The number of aromatic nitrogens is 2. The van der Waals surface area contributed by atoms with Gasteiger partial charge in [-0.25, -0.2) is 4.98 Å². The van der Waals surface area contributed by atoms with Crippen molar-refractivity contribution in [3.05, 3.63) is 34.2 Å². The summed E-state index contributed by atoms with van der Waals surface area (Å²) in [5, 5.41) is 0. The summed E-state index contributed by atoms with van der Waals surface area (Å²) in [6.07, 6.45) is 5.35. The van der Waals surface area contributed by atoms with Crippen molar-refractivity contribution in [3.8, 4) is 0 Å². The first kappa shape index (κ1) is 10.7. The monoisotopic (exact) mass is 266 g/mol. The number of halogens is 1. The molecule has 0 unspecified atom stereocenters. The van der Waals surface area contributed by atoms with Gasteiger partial charge in [-0.3, -0.25) is 0 Å². The van der Waals surface area contributed by atoms with Gasteiger partial charge in [-0.15, -0.1) is 0 Å². The largest absolute Gasteiger partial charge is 0.303 e. The molecule has 0 amide bonds. The van der Waals surface area contributed by atoms with Crippen molar-refractivity contribution >= 4 is 21.6 Å². The third kappa shape index (κ3) is 1.93. The van der Waals surface area contributed by atoms with Crippen LogP contribution in [0.3, 0.4) is 0 Å². The minimum Gasteiger partial charge on any atom is -0.303 e. The average molecular weight is 267 g/mol. The molecule has 0 N–H and O–H groups in total.